The number of aliphatic hydroxyl groups is 1. The lowest BCUT2D eigenvalue weighted by Crippen LogP contribution is -2.38. The van der Waals surface area contributed by atoms with Crippen molar-refractivity contribution in [3.8, 4) is 10.4 Å². The van der Waals surface area contributed by atoms with E-state index in [9.17, 15) is 27.9 Å². The van der Waals surface area contributed by atoms with Crippen LogP contribution in [-0.2, 0) is 6.18 Å². The van der Waals surface area contributed by atoms with Gasteiger partial charge in [0.1, 0.15) is 11.5 Å². The lowest BCUT2D eigenvalue weighted by atomic mass is 10.0. The molecule has 2 aliphatic heterocycles. The van der Waals surface area contributed by atoms with Crippen LogP contribution in [0.15, 0.2) is 12.3 Å². The predicted octanol–water partition coefficient (Wildman–Crippen LogP) is 4.70. The van der Waals surface area contributed by atoms with Crippen molar-refractivity contribution < 1.29 is 27.9 Å². The van der Waals surface area contributed by atoms with Gasteiger partial charge in [-0.25, -0.2) is 9.97 Å². The molecule has 0 aromatic carbocycles. The number of alkyl halides is 3. The summed E-state index contributed by atoms with van der Waals surface area (Å²) in [6, 6.07) is 1.03. The fourth-order valence-electron chi connectivity index (χ4n) is 5.38. The molecule has 2 aromatic heterocycles. The lowest BCUT2D eigenvalue weighted by molar-refractivity contribution is -0.137. The molecule has 4 heterocycles. The highest BCUT2D eigenvalue weighted by Gasteiger charge is 2.45. The molecular weight excluding hydrogens is 519 g/mol. The average Bonchev–Trinajstić information content (AvgIpc) is 3.31. The monoisotopic (exact) mass is 551 g/mol. The second kappa shape index (κ2) is 9.78. The van der Waals surface area contributed by atoms with Crippen LogP contribution >= 0.6 is 11.3 Å². The van der Waals surface area contributed by atoms with Gasteiger partial charge in [-0.3, -0.25) is 9.59 Å². The Morgan fingerprint density at radius 1 is 1.16 bits per heavy atom. The number of nitrogens with one attached hydrogen (secondary N) is 2. The molecule has 1 aliphatic carbocycles. The van der Waals surface area contributed by atoms with E-state index in [1.807, 2.05) is 6.92 Å². The van der Waals surface area contributed by atoms with Gasteiger partial charge < -0.3 is 20.6 Å². The standard InChI is InChI=1S/C26H32F3N5O3S/c1-13(14-4-5-14)32-19-10-18(26(27,28)29)17(11-30-19)21-20(24(36)34-15-6-7-16(34)9-8-15)33-23(38-21)22(35)31-12-25(2,3)37/h10-11,13-16,37H,4-9,12H2,1-3H3,(H,30,32)(H,31,35)/t13-,15-,16-/m0/s1. The summed E-state index contributed by atoms with van der Waals surface area (Å²) < 4.78 is 43.0. The van der Waals surface area contributed by atoms with E-state index < -0.39 is 29.2 Å². The number of carbonyl (C=O) groups excluding carboxylic acids is 2. The second-order valence-corrected chi connectivity index (χ2v) is 12.2. The zero-order valence-electron chi connectivity index (χ0n) is 21.6. The third-order valence-corrected chi connectivity index (χ3v) is 8.64. The zero-order chi connectivity index (χ0) is 27.4. The first-order valence-corrected chi connectivity index (χ1v) is 13.8. The van der Waals surface area contributed by atoms with Crippen molar-refractivity contribution in [2.24, 2.45) is 5.92 Å². The van der Waals surface area contributed by atoms with E-state index in [1.54, 1.807) is 4.90 Å². The van der Waals surface area contributed by atoms with Crippen molar-refractivity contribution in [2.45, 2.75) is 89.2 Å². The van der Waals surface area contributed by atoms with E-state index >= 15 is 0 Å². The minimum Gasteiger partial charge on any atom is -0.389 e. The number of aromatic nitrogens is 2. The molecule has 12 heteroatoms. The molecule has 3 N–H and O–H groups in total. The van der Waals surface area contributed by atoms with E-state index in [4.69, 9.17) is 0 Å². The summed E-state index contributed by atoms with van der Waals surface area (Å²) in [5.74, 6) is -0.601. The van der Waals surface area contributed by atoms with Crippen LogP contribution in [-0.4, -0.2) is 62.1 Å². The molecular formula is C26H32F3N5O3S. The number of carbonyl (C=O) groups is 2. The fourth-order valence-corrected chi connectivity index (χ4v) is 6.38. The molecule has 2 aromatic rings. The first-order valence-electron chi connectivity index (χ1n) is 13.0. The van der Waals surface area contributed by atoms with Crippen molar-refractivity contribution in [3.05, 3.63) is 28.5 Å². The minimum absolute atomic E-state index is 0.00769. The summed E-state index contributed by atoms with van der Waals surface area (Å²) in [4.78, 5) is 36.8. The molecule has 0 spiro atoms. The number of pyridine rings is 1. The van der Waals surface area contributed by atoms with Crippen molar-refractivity contribution in [1.29, 1.82) is 0 Å². The lowest BCUT2D eigenvalue weighted by Gasteiger charge is -2.22. The highest BCUT2D eigenvalue weighted by Crippen LogP contribution is 2.44. The Balaban J connectivity index is 1.55. The third-order valence-electron chi connectivity index (χ3n) is 7.55. The molecule has 1 saturated carbocycles. The van der Waals surface area contributed by atoms with Gasteiger partial charge in [-0.05, 0) is 71.3 Å². The molecule has 1 atom stereocenters. The highest BCUT2D eigenvalue weighted by atomic mass is 32.1. The Morgan fingerprint density at radius 2 is 1.79 bits per heavy atom. The minimum atomic E-state index is -4.72. The van der Waals surface area contributed by atoms with Gasteiger partial charge in [0, 0.05) is 36.4 Å². The summed E-state index contributed by atoms with van der Waals surface area (Å²) >= 11 is 0.734. The van der Waals surface area contributed by atoms with Crippen LogP contribution in [0.5, 0.6) is 0 Å². The molecule has 8 nitrogen and oxygen atoms in total. The topological polar surface area (TPSA) is 107 Å². The number of thiazole rings is 1. The Bertz CT molecular complexity index is 1220. The number of rotatable bonds is 8. The Morgan fingerprint density at radius 3 is 2.34 bits per heavy atom. The van der Waals surface area contributed by atoms with E-state index in [0.717, 1.165) is 62.1 Å². The zero-order valence-corrected chi connectivity index (χ0v) is 22.4. The summed E-state index contributed by atoms with van der Waals surface area (Å²) in [5.41, 5.74) is -2.59. The number of anilines is 1. The van der Waals surface area contributed by atoms with Crippen molar-refractivity contribution in [3.63, 3.8) is 0 Å². The summed E-state index contributed by atoms with van der Waals surface area (Å²) in [6.45, 7) is 4.86. The third kappa shape index (κ3) is 5.51. The number of hydrogen-bond acceptors (Lipinski definition) is 7. The molecule has 5 rings (SSSR count). The number of fused-ring (bicyclic) bond motifs is 2. The number of nitrogens with zero attached hydrogens (tertiary/aromatic N) is 3. The Hall–Kier alpha value is -2.73. The van der Waals surface area contributed by atoms with Gasteiger partial charge in [-0.1, -0.05) is 0 Å². The van der Waals surface area contributed by atoms with Crippen LogP contribution in [0.1, 0.15) is 85.2 Å². The molecule has 3 fully saturated rings. The fraction of sp³-hybridized carbons (Fsp3) is 0.615. The normalized spacial score (nSPS) is 22.0. The maximum atomic E-state index is 14.3. The van der Waals surface area contributed by atoms with Crippen LogP contribution in [0.4, 0.5) is 19.0 Å². The van der Waals surface area contributed by atoms with Crippen LogP contribution in [0.2, 0.25) is 0 Å². The van der Waals surface area contributed by atoms with Crippen LogP contribution in [0, 0.1) is 5.92 Å². The van der Waals surface area contributed by atoms with Gasteiger partial charge in [-0.2, -0.15) is 13.2 Å². The van der Waals surface area contributed by atoms with Gasteiger partial charge in [0.2, 0.25) is 0 Å². The average molecular weight is 552 g/mol. The van der Waals surface area contributed by atoms with Gasteiger partial charge in [0.15, 0.2) is 5.01 Å². The SMILES string of the molecule is C[C@H](Nc1cc(C(F)(F)F)c(-c2sc(C(=O)NCC(C)(C)O)nc2C(=O)N2[C@H]3CC[C@H]2CC3)cn1)C1CC1. The van der Waals surface area contributed by atoms with Gasteiger partial charge in [-0.15, -0.1) is 11.3 Å². The Kier molecular flexibility index (Phi) is 6.91. The van der Waals surface area contributed by atoms with Crippen LogP contribution in [0.3, 0.4) is 0 Å². The van der Waals surface area contributed by atoms with Crippen molar-refractivity contribution in [1.82, 2.24) is 20.2 Å². The second-order valence-electron chi connectivity index (χ2n) is 11.2. The first kappa shape index (κ1) is 26.9. The van der Waals surface area contributed by atoms with E-state index in [1.165, 1.54) is 13.8 Å². The van der Waals surface area contributed by atoms with Gasteiger partial charge in [0.25, 0.3) is 11.8 Å². The van der Waals surface area contributed by atoms with E-state index in [-0.39, 0.29) is 51.6 Å². The van der Waals surface area contributed by atoms with Gasteiger partial charge in [0.05, 0.1) is 16.0 Å². The molecule has 2 amide bonds. The molecule has 3 aliphatic rings. The highest BCUT2D eigenvalue weighted by molar-refractivity contribution is 7.17. The molecule has 206 valence electrons. The molecule has 38 heavy (non-hydrogen) atoms. The van der Waals surface area contributed by atoms with Crippen LogP contribution in [0.25, 0.3) is 10.4 Å². The molecule has 2 saturated heterocycles. The van der Waals surface area contributed by atoms with Crippen molar-refractivity contribution in [2.75, 3.05) is 11.9 Å². The maximum Gasteiger partial charge on any atom is 0.417 e. The number of halogens is 3. The number of amides is 2. The molecule has 0 radical (unpaired) electrons. The molecule has 0 unspecified atom stereocenters. The molecule has 2 bridgehead atoms. The van der Waals surface area contributed by atoms with E-state index in [0.29, 0.717) is 5.92 Å². The largest absolute Gasteiger partial charge is 0.417 e. The number of hydrogen-bond donors (Lipinski definition) is 3. The van der Waals surface area contributed by atoms with Crippen LogP contribution < -0.4 is 10.6 Å². The predicted molar refractivity (Wildman–Crippen MR) is 137 cm³/mol. The Labute approximate surface area is 223 Å². The summed E-state index contributed by atoms with van der Waals surface area (Å²) in [7, 11) is 0. The summed E-state index contributed by atoms with van der Waals surface area (Å²) in [6.07, 6.45) is 1.86. The smallest absolute Gasteiger partial charge is 0.389 e. The first-order chi connectivity index (χ1) is 17.8. The maximum absolute atomic E-state index is 14.3. The van der Waals surface area contributed by atoms with E-state index in [2.05, 4.69) is 20.6 Å². The summed E-state index contributed by atoms with van der Waals surface area (Å²) in [5, 5.41) is 15.4. The van der Waals surface area contributed by atoms with Crippen molar-refractivity contribution >= 4 is 29.0 Å². The quantitative estimate of drug-likeness (QED) is 0.439. The van der Waals surface area contributed by atoms with Gasteiger partial charge >= 0.3 is 6.18 Å².